The second-order valence-corrected chi connectivity index (χ2v) is 7.22. The van der Waals surface area contributed by atoms with Gasteiger partial charge < -0.3 is 15.0 Å². The number of aryl methyl sites for hydroxylation is 1. The number of carbonyl (C=O) groups is 2. The first kappa shape index (κ1) is 19.7. The minimum atomic E-state index is -0.973. The summed E-state index contributed by atoms with van der Waals surface area (Å²) < 4.78 is 1.91. The van der Waals surface area contributed by atoms with Crippen molar-refractivity contribution in [2.24, 2.45) is 0 Å². The van der Waals surface area contributed by atoms with Gasteiger partial charge >= 0.3 is 5.97 Å². The van der Waals surface area contributed by atoms with Crippen LogP contribution in [0.4, 0.5) is 0 Å². The second-order valence-electron chi connectivity index (χ2n) is 6.78. The summed E-state index contributed by atoms with van der Waals surface area (Å²) in [6.45, 7) is 4.38. The van der Waals surface area contributed by atoms with Crippen LogP contribution in [0.1, 0.15) is 50.5 Å². The van der Waals surface area contributed by atoms with Crippen LogP contribution in [-0.4, -0.2) is 21.6 Å². The molecule has 28 heavy (non-hydrogen) atoms. The topological polar surface area (TPSA) is 71.3 Å². The Labute approximate surface area is 168 Å². The lowest BCUT2D eigenvalue weighted by Gasteiger charge is -2.16. The van der Waals surface area contributed by atoms with E-state index in [0.29, 0.717) is 17.3 Å². The van der Waals surface area contributed by atoms with Gasteiger partial charge in [0.25, 0.3) is 5.91 Å². The van der Waals surface area contributed by atoms with E-state index in [4.69, 9.17) is 16.7 Å². The van der Waals surface area contributed by atoms with Gasteiger partial charge in [0.1, 0.15) is 5.69 Å². The fourth-order valence-electron chi connectivity index (χ4n) is 3.03. The molecule has 0 saturated heterocycles. The number of rotatable bonds is 6. The zero-order valence-corrected chi connectivity index (χ0v) is 16.4. The molecule has 0 aliphatic heterocycles. The molecule has 1 heterocycles. The number of amides is 1. The van der Waals surface area contributed by atoms with E-state index in [0.717, 1.165) is 16.7 Å². The molecule has 3 aromatic rings. The third-order valence-corrected chi connectivity index (χ3v) is 4.79. The minimum absolute atomic E-state index is 0.183. The molecule has 1 amide bonds. The van der Waals surface area contributed by atoms with E-state index >= 15 is 0 Å². The molecule has 2 aromatic carbocycles. The summed E-state index contributed by atoms with van der Waals surface area (Å²) in [5.41, 5.74) is 3.67. The van der Waals surface area contributed by atoms with Crippen molar-refractivity contribution < 1.29 is 14.7 Å². The summed E-state index contributed by atoms with van der Waals surface area (Å²) in [4.78, 5) is 23.8. The van der Waals surface area contributed by atoms with E-state index in [1.807, 2.05) is 54.9 Å². The summed E-state index contributed by atoms with van der Waals surface area (Å²) in [6.07, 6.45) is 1.94. The lowest BCUT2D eigenvalue weighted by molar-refractivity contribution is 0.0696. The summed E-state index contributed by atoms with van der Waals surface area (Å²) in [6, 6.07) is 15.6. The van der Waals surface area contributed by atoms with Crippen molar-refractivity contribution in [3.05, 3.63) is 93.8 Å². The SMILES string of the molecule is Cc1cc(C(=O)NC(C)c2ccc(C(=O)O)cc2)n(Cc2ccc(Cl)cc2)c1. The standard InChI is InChI=1S/C22H21ClN2O3/c1-14-11-20(25(12-14)13-16-3-9-19(23)10-4-16)21(26)24-15(2)17-5-7-18(8-6-17)22(27)28/h3-12,15H,13H2,1-2H3,(H,24,26)(H,27,28). The molecule has 0 bridgehead atoms. The number of nitrogens with one attached hydrogen (secondary N) is 1. The number of nitrogens with zero attached hydrogens (tertiary/aromatic N) is 1. The van der Waals surface area contributed by atoms with Gasteiger partial charge in [-0.1, -0.05) is 35.9 Å². The molecule has 144 valence electrons. The Balaban J connectivity index is 1.75. The van der Waals surface area contributed by atoms with Crippen LogP contribution in [0.15, 0.2) is 60.8 Å². The van der Waals surface area contributed by atoms with Gasteiger partial charge in [-0.15, -0.1) is 0 Å². The number of halogens is 1. The normalized spacial score (nSPS) is 11.8. The lowest BCUT2D eigenvalue weighted by Crippen LogP contribution is -2.28. The third kappa shape index (κ3) is 4.61. The number of hydrogen-bond acceptors (Lipinski definition) is 2. The van der Waals surface area contributed by atoms with Crippen molar-refractivity contribution in [3.63, 3.8) is 0 Å². The Kier molecular flexibility index (Phi) is 5.85. The molecule has 0 fully saturated rings. The van der Waals surface area contributed by atoms with Crippen molar-refractivity contribution in [3.8, 4) is 0 Å². The molecule has 0 aliphatic carbocycles. The average molecular weight is 397 g/mol. The van der Waals surface area contributed by atoms with Gasteiger partial charge in [-0.05, 0) is 60.9 Å². The summed E-state index contributed by atoms with van der Waals surface area (Å²) in [5.74, 6) is -1.16. The van der Waals surface area contributed by atoms with Crippen LogP contribution < -0.4 is 5.32 Å². The van der Waals surface area contributed by atoms with Crippen LogP contribution in [0.5, 0.6) is 0 Å². The predicted molar refractivity (Wildman–Crippen MR) is 109 cm³/mol. The number of aromatic nitrogens is 1. The number of carbonyl (C=O) groups excluding carboxylic acids is 1. The molecular weight excluding hydrogens is 376 g/mol. The third-order valence-electron chi connectivity index (χ3n) is 4.54. The number of aromatic carboxylic acids is 1. The first-order valence-corrected chi connectivity index (χ1v) is 9.26. The van der Waals surface area contributed by atoms with Crippen molar-refractivity contribution >= 4 is 23.5 Å². The van der Waals surface area contributed by atoms with Gasteiger partial charge in [0.2, 0.25) is 0 Å². The molecule has 1 atom stereocenters. The van der Waals surface area contributed by atoms with Gasteiger partial charge in [-0.3, -0.25) is 4.79 Å². The fraction of sp³-hybridized carbons (Fsp3) is 0.182. The van der Waals surface area contributed by atoms with Gasteiger partial charge in [0.15, 0.2) is 0 Å². The Hall–Kier alpha value is -3.05. The average Bonchev–Trinajstić information content (AvgIpc) is 3.04. The van der Waals surface area contributed by atoms with Crippen molar-refractivity contribution in [2.75, 3.05) is 0 Å². The zero-order valence-electron chi connectivity index (χ0n) is 15.6. The van der Waals surface area contributed by atoms with E-state index in [1.54, 1.807) is 12.1 Å². The highest BCUT2D eigenvalue weighted by Gasteiger charge is 2.16. The van der Waals surface area contributed by atoms with Crippen molar-refractivity contribution in [1.29, 1.82) is 0 Å². The summed E-state index contributed by atoms with van der Waals surface area (Å²) in [7, 11) is 0. The minimum Gasteiger partial charge on any atom is -0.478 e. The molecule has 1 unspecified atom stereocenters. The van der Waals surface area contributed by atoms with E-state index in [2.05, 4.69) is 5.32 Å². The quantitative estimate of drug-likeness (QED) is 0.635. The summed E-state index contributed by atoms with van der Waals surface area (Å²) >= 11 is 5.94. The highest BCUT2D eigenvalue weighted by molar-refractivity contribution is 6.30. The maximum Gasteiger partial charge on any atom is 0.335 e. The molecule has 1 aromatic heterocycles. The largest absolute Gasteiger partial charge is 0.478 e. The Morgan fingerprint density at radius 3 is 2.36 bits per heavy atom. The number of hydrogen-bond donors (Lipinski definition) is 2. The Morgan fingerprint density at radius 1 is 1.11 bits per heavy atom. The molecule has 2 N–H and O–H groups in total. The molecule has 0 spiro atoms. The monoisotopic (exact) mass is 396 g/mol. The second kappa shape index (κ2) is 8.31. The van der Waals surface area contributed by atoms with E-state index in [1.165, 1.54) is 12.1 Å². The first-order chi connectivity index (χ1) is 13.3. The smallest absolute Gasteiger partial charge is 0.335 e. The van der Waals surface area contributed by atoms with Gasteiger partial charge in [-0.25, -0.2) is 4.79 Å². The van der Waals surface area contributed by atoms with Crippen molar-refractivity contribution in [2.45, 2.75) is 26.4 Å². The Bertz CT molecular complexity index is 992. The van der Waals surface area contributed by atoms with E-state index < -0.39 is 5.97 Å². The molecule has 6 heteroatoms. The van der Waals surface area contributed by atoms with E-state index in [9.17, 15) is 9.59 Å². The fourth-order valence-corrected chi connectivity index (χ4v) is 3.16. The lowest BCUT2D eigenvalue weighted by atomic mass is 10.1. The molecular formula is C22H21ClN2O3. The maximum absolute atomic E-state index is 12.8. The van der Waals surface area contributed by atoms with E-state index in [-0.39, 0.29) is 17.5 Å². The van der Waals surface area contributed by atoms with Crippen LogP contribution >= 0.6 is 11.6 Å². The van der Waals surface area contributed by atoms with Crippen LogP contribution in [0.2, 0.25) is 5.02 Å². The van der Waals surface area contributed by atoms with Gasteiger partial charge in [-0.2, -0.15) is 0 Å². The molecule has 3 rings (SSSR count). The highest BCUT2D eigenvalue weighted by atomic mass is 35.5. The number of benzene rings is 2. The molecule has 5 nitrogen and oxygen atoms in total. The van der Waals surface area contributed by atoms with Crippen LogP contribution in [0.3, 0.4) is 0 Å². The zero-order chi connectivity index (χ0) is 20.3. The number of carboxylic acids is 1. The van der Waals surface area contributed by atoms with Crippen LogP contribution in [0.25, 0.3) is 0 Å². The van der Waals surface area contributed by atoms with Gasteiger partial charge in [0, 0.05) is 17.8 Å². The Morgan fingerprint density at radius 2 is 1.75 bits per heavy atom. The summed E-state index contributed by atoms with van der Waals surface area (Å²) in [5, 5.41) is 12.7. The highest BCUT2D eigenvalue weighted by Crippen LogP contribution is 2.17. The van der Waals surface area contributed by atoms with Gasteiger partial charge in [0.05, 0.1) is 11.6 Å². The molecule has 0 radical (unpaired) electrons. The predicted octanol–water partition coefficient (Wildman–Crippen LogP) is 4.69. The molecule has 0 saturated carbocycles. The number of carboxylic acid groups (broad SMARTS) is 1. The van der Waals surface area contributed by atoms with Crippen LogP contribution in [-0.2, 0) is 6.54 Å². The molecule has 0 aliphatic rings. The van der Waals surface area contributed by atoms with Crippen LogP contribution in [0, 0.1) is 6.92 Å². The first-order valence-electron chi connectivity index (χ1n) is 8.89. The van der Waals surface area contributed by atoms with Crippen molar-refractivity contribution in [1.82, 2.24) is 9.88 Å². The maximum atomic E-state index is 12.8.